The highest BCUT2D eigenvalue weighted by Crippen LogP contribution is 2.27. The van der Waals surface area contributed by atoms with Crippen LogP contribution >= 0.6 is 0 Å². The molecule has 1 aliphatic rings. The number of hydrogen-bond donors (Lipinski definition) is 1. The number of nitro benzene ring substituents is 1. The molecule has 0 spiro atoms. The standard InChI is InChI=1S/C19H19N5O4S/c25-24(26)16-9-3-4-10-17(16)29(27,28)20-13-18-21-15-8-2-1-7-14(15)19(22-18)23-11-5-6-12-23/h1-4,7-10,20H,5-6,11-13H2. The van der Waals surface area contributed by atoms with Gasteiger partial charge >= 0.3 is 0 Å². The average molecular weight is 413 g/mol. The number of sulfonamides is 1. The second-order valence-corrected chi connectivity index (χ2v) is 8.46. The van der Waals surface area contributed by atoms with Crippen molar-refractivity contribution >= 4 is 32.4 Å². The fourth-order valence-corrected chi connectivity index (χ4v) is 4.58. The Bertz CT molecular complexity index is 1180. The molecule has 1 saturated heterocycles. The highest BCUT2D eigenvalue weighted by Gasteiger charge is 2.25. The van der Waals surface area contributed by atoms with Gasteiger partial charge in [-0.1, -0.05) is 24.3 Å². The molecule has 0 atom stereocenters. The average Bonchev–Trinajstić information content (AvgIpc) is 3.26. The molecule has 1 aliphatic heterocycles. The van der Waals surface area contributed by atoms with Crippen LogP contribution in [-0.2, 0) is 16.6 Å². The smallest absolute Gasteiger partial charge is 0.289 e. The number of aromatic nitrogens is 2. The van der Waals surface area contributed by atoms with E-state index in [0.717, 1.165) is 48.7 Å². The molecule has 1 fully saturated rings. The number of para-hydroxylation sites is 2. The molecule has 150 valence electrons. The van der Waals surface area contributed by atoms with Gasteiger partial charge in [-0.3, -0.25) is 10.1 Å². The van der Waals surface area contributed by atoms with Crippen LogP contribution in [0.5, 0.6) is 0 Å². The molecule has 4 rings (SSSR count). The third kappa shape index (κ3) is 3.89. The Morgan fingerprint density at radius 3 is 2.48 bits per heavy atom. The lowest BCUT2D eigenvalue weighted by Gasteiger charge is -2.19. The Labute approximate surface area is 167 Å². The Balaban J connectivity index is 1.66. The van der Waals surface area contributed by atoms with Crippen LogP contribution < -0.4 is 9.62 Å². The number of nitrogens with one attached hydrogen (secondary N) is 1. The summed E-state index contributed by atoms with van der Waals surface area (Å²) in [5.74, 6) is 1.10. The van der Waals surface area contributed by atoms with Crippen LogP contribution in [-0.4, -0.2) is 36.4 Å². The van der Waals surface area contributed by atoms with Crippen LogP contribution in [0.25, 0.3) is 10.9 Å². The molecule has 2 aromatic carbocycles. The van der Waals surface area contributed by atoms with Crippen molar-refractivity contribution in [2.24, 2.45) is 0 Å². The quantitative estimate of drug-likeness (QED) is 0.487. The predicted octanol–water partition coefficient (Wildman–Crippen LogP) is 2.62. The summed E-state index contributed by atoms with van der Waals surface area (Å²) in [6.45, 7) is 1.62. The van der Waals surface area contributed by atoms with Gasteiger partial charge in [0.1, 0.15) is 11.6 Å². The van der Waals surface area contributed by atoms with Crippen LogP contribution in [0.4, 0.5) is 11.5 Å². The fourth-order valence-electron chi connectivity index (χ4n) is 3.43. The van der Waals surface area contributed by atoms with Gasteiger partial charge in [-0.15, -0.1) is 0 Å². The van der Waals surface area contributed by atoms with Gasteiger partial charge in [0.25, 0.3) is 5.69 Å². The van der Waals surface area contributed by atoms with E-state index in [1.165, 1.54) is 18.2 Å². The van der Waals surface area contributed by atoms with E-state index >= 15 is 0 Å². The first-order valence-corrected chi connectivity index (χ1v) is 10.7. The Morgan fingerprint density at radius 2 is 1.72 bits per heavy atom. The first-order valence-electron chi connectivity index (χ1n) is 9.19. The molecular formula is C19H19N5O4S. The van der Waals surface area contributed by atoms with E-state index < -0.39 is 20.6 Å². The Morgan fingerprint density at radius 1 is 1.03 bits per heavy atom. The normalized spacial score (nSPS) is 14.4. The minimum absolute atomic E-state index is 0.167. The summed E-state index contributed by atoms with van der Waals surface area (Å²) in [4.78, 5) is 21.3. The zero-order valence-electron chi connectivity index (χ0n) is 15.5. The maximum absolute atomic E-state index is 12.7. The van der Waals surface area contributed by atoms with Gasteiger partial charge in [0.2, 0.25) is 10.0 Å². The molecule has 9 nitrogen and oxygen atoms in total. The lowest BCUT2D eigenvalue weighted by atomic mass is 10.2. The van der Waals surface area contributed by atoms with E-state index in [2.05, 4.69) is 19.6 Å². The molecule has 2 heterocycles. The van der Waals surface area contributed by atoms with Crippen molar-refractivity contribution in [1.82, 2.24) is 14.7 Å². The molecule has 0 unspecified atom stereocenters. The number of hydrogen-bond acceptors (Lipinski definition) is 7. The molecular weight excluding hydrogens is 394 g/mol. The lowest BCUT2D eigenvalue weighted by Crippen LogP contribution is -2.26. The van der Waals surface area contributed by atoms with E-state index in [0.29, 0.717) is 5.82 Å². The van der Waals surface area contributed by atoms with Crippen molar-refractivity contribution in [2.45, 2.75) is 24.3 Å². The number of rotatable bonds is 6. The molecule has 1 N–H and O–H groups in total. The van der Waals surface area contributed by atoms with Crippen molar-refractivity contribution in [2.75, 3.05) is 18.0 Å². The SMILES string of the molecule is O=[N+]([O-])c1ccccc1S(=O)(=O)NCc1nc(N2CCCC2)c2ccccc2n1. The lowest BCUT2D eigenvalue weighted by molar-refractivity contribution is -0.387. The van der Waals surface area contributed by atoms with Crippen molar-refractivity contribution in [3.05, 3.63) is 64.5 Å². The number of nitrogens with zero attached hydrogens (tertiary/aromatic N) is 4. The predicted molar refractivity (Wildman–Crippen MR) is 108 cm³/mol. The van der Waals surface area contributed by atoms with E-state index in [1.807, 2.05) is 24.3 Å². The second-order valence-electron chi connectivity index (χ2n) is 6.72. The van der Waals surface area contributed by atoms with Crippen LogP contribution in [0, 0.1) is 10.1 Å². The van der Waals surface area contributed by atoms with Gasteiger partial charge in [-0.25, -0.2) is 23.1 Å². The van der Waals surface area contributed by atoms with E-state index in [1.54, 1.807) is 0 Å². The second kappa shape index (κ2) is 7.72. The molecule has 10 heteroatoms. The van der Waals surface area contributed by atoms with Crippen LogP contribution in [0.3, 0.4) is 0 Å². The molecule has 29 heavy (non-hydrogen) atoms. The third-order valence-corrected chi connectivity index (χ3v) is 6.26. The summed E-state index contributed by atoms with van der Waals surface area (Å²) < 4.78 is 27.7. The summed E-state index contributed by atoms with van der Waals surface area (Å²) in [7, 11) is -4.10. The first-order chi connectivity index (χ1) is 14.0. The van der Waals surface area contributed by atoms with Crippen molar-refractivity contribution in [3.63, 3.8) is 0 Å². The zero-order valence-corrected chi connectivity index (χ0v) is 16.3. The monoisotopic (exact) mass is 413 g/mol. The van der Waals surface area contributed by atoms with E-state index in [-0.39, 0.29) is 11.4 Å². The highest BCUT2D eigenvalue weighted by molar-refractivity contribution is 7.89. The maximum atomic E-state index is 12.7. The van der Waals surface area contributed by atoms with Gasteiger partial charge < -0.3 is 4.90 Å². The Hall–Kier alpha value is -3.11. The topological polar surface area (TPSA) is 118 Å². The van der Waals surface area contributed by atoms with Gasteiger partial charge in [-0.05, 0) is 31.0 Å². The van der Waals surface area contributed by atoms with Gasteiger partial charge in [-0.2, -0.15) is 0 Å². The van der Waals surface area contributed by atoms with Gasteiger partial charge in [0.15, 0.2) is 4.90 Å². The summed E-state index contributed by atoms with van der Waals surface area (Å²) in [5, 5.41) is 12.1. The third-order valence-electron chi connectivity index (χ3n) is 4.81. The number of nitro groups is 1. The van der Waals surface area contributed by atoms with Gasteiger partial charge in [0, 0.05) is 24.5 Å². The zero-order chi connectivity index (χ0) is 20.4. The van der Waals surface area contributed by atoms with Crippen LogP contribution in [0.1, 0.15) is 18.7 Å². The highest BCUT2D eigenvalue weighted by atomic mass is 32.2. The van der Waals surface area contributed by atoms with Crippen LogP contribution in [0.2, 0.25) is 0 Å². The van der Waals surface area contributed by atoms with Crippen molar-refractivity contribution < 1.29 is 13.3 Å². The maximum Gasteiger partial charge on any atom is 0.289 e. The molecule has 0 radical (unpaired) electrons. The minimum Gasteiger partial charge on any atom is -0.356 e. The van der Waals surface area contributed by atoms with Gasteiger partial charge in [0.05, 0.1) is 17.0 Å². The largest absolute Gasteiger partial charge is 0.356 e. The number of fused-ring (bicyclic) bond motifs is 1. The fraction of sp³-hybridized carbons (Fsp3) is 0.263. The molecule has 0 aliphatic carbocycles. The molecule has 1 aromatic heterocycles. The van der Waals surface area contributed by atoms with Crippen LogP contribution in [0.15, 0.2) is 53.4 Å². The van der Waals surface area contributed by atoms with E-state index in [4.69, 9.17) is 0 Å². The molecule has 0 bridgehead atoms. The molecule has 3 aromatic rings. The number of benzene rings is 2. The Kier molecular flexibility index (Phi) is 5.12. The van der Waals surface area contributed by atoms with Crippen molar-refractivity contribution in [1.29, 1.82) is 0 Å². The van der Waals surface area contributed by atoms with E-state index in [9.17, 15) is 18.5 Å². The number of anilines is 1. The summed E-state index contributed by atoms with van der Waals surface area (Å²) in [5.41, 5.74) is 0.251. The minimum atomic E-state index is -4.10. The molecule has 0 amide bonds. The summed E-state index contributed by atoms with van der Waals surface area (Å²) >= 11 is 0. The first kappa shape index (κ1) is 19.2. The molecule has 0 saturated carbocycles. The summed E-state index contributed by atoms with van der Waals surface area (Å²) in [6, 6.07) is 12.8. The summed E-state index contributed by atoms with van der Waals surface area (Å²) in [6.07, 6.45) is 2.16. The van der Waals surface area contributed by atoms with Crippen molar-refractivity contribution in [3.8, 4) is 0 Å².